The molecule has 0 aliphatic heterocycles. The van der Waals surface area contributed by atoms with Gasteiger partial charge in [0.2, 0.25) is 11.2 Å². The van der Waals surface area contributed by atoms with Crippen molar-refractivity contribution >= 4 is 27.5 Å². The lowest BCUT2D eigenvalue weighted by Gasteiger charge is -2.15. The van der Waals surface area contributed by atoms with Crippen LogP contribution in [0.2, 0.25) is 0 Å². The number of ether oxygens (including phenoxy) is 6. The van der Waals surface area contributed by atoms with Crippen LogP contribution in [0, 0.1) is 0 Å². The van der Waals surface area contributed by atoms with Crippen molar-refractivity contribution < 1.29 is 33.2 Å². The second-order valence-electron chi connectivity index (χ2n) is 6.47. The van der Waals surface area contributed by atoms with Gasteiger partial charge in [0.25, 0.3) is 0 Å². The van der Waals surface area contributed by atoms with Gasteiger partial charge >= 0.3 is 5.97 Å². The van der Waals surface area contributed by atoms with E-state index in [1.165, 1.54) is 47.7 Å². The van der Waals surface area contributed by atoms with Crippen LogP contribution in [-0.2, 0) is 4.74 Å². The first-order valence-electron chi connectivity index (χ1n) is 9.48. The Morgan fingerprint density at radius 2 is 1.32 bits per heavy atom. The fourth-order valence-electron chi connectivity index (χ4n) is 3.57. The zero-order chi connectivity index (χ0) is 22.7. The maximum atomic E-state index is 13.4. The van der Waals surface area contributed by atoms with E-state index in [2.05, 4.69) is 0 Å². The zero-order valence-corrected chi connectivity index (χ0v) is 18.3. The standard InChI is InChI=1S/C23H24O8/c1-7-31-23(25)15-8-12-9-18(28-4)21(29-5)22(30-6)19(12)13-10-16(26-2)17(27-3)11-14(13)20(15)24/h8-11H,7H2,1-6H3. The highest BCUT2D eigenvalue weighted by Gasteiger charge is 2.23. The molecule has 3 rings (SSSR count). The molecule has 31 heavy (non-hydrogen) atoms. The molecule has 0 saturated heterocycles. The van der Waals surface area contributed by atoms with Gasteiger partial charge in [-0.25, -0.2) is 4.79 Å². The third-order valence-corrected chi connectivity index (χ3v) is 4.94. The first kappa shape index (κ1) is 22.0. The maximum absolute atomic E-state index is 13.4. The van der Waals surface area contributed by atoms with Crippen LogP contribution in [0.15, 0.2) is 29.1 Å². The predicted octanol–water partition coefficient (Wildman–Crippen LogP) is 3.57. The summed E-state index contributed by atoms with van der Waals surface area (Å²) in [5.41, 5.74) is -0.631. The monoisotopic (exact) mass is 428 g/mol. The number of esters is 1. The molecule has 3 aromatic carbocycles. The molecular formula is C23H24O8. The van der Waals surface area contributed by atoms with Crippen molar-refractivity contribution in [1.29, 1.82) is 0 Å². The second-order valence-corrected chi connectivity index (χ2v) is 6.47. The van der Waals surface area contributed by atoms with E-state index >= 15 is 0 Å². The van der Waals surface area contributed by atoms with Gasteiger partial charge in [-0.2, -0.15) is 0 Å². The molecule has 0 saturated carbocycles. The highest BCUT2D eigenvalue weighted by atomic mass is 16.5. The van der Waals surface area contributed by atoms with E-state index in [4.69, 9.17) is 28.4 Å². The minimum atomic E-state index is -0.727. The van der Waals surface area contributed by atoms with E-state index in [9.17, 15) is 9.59 Å². The van der Waals surface area contributed by atoms with Crippen molar-refractivity contribution in [2.75, 3.05) is 42.2 Å². The number of benzene rings is 2. The molecule has 0 aromatic heterocycles. The van der Waals surface area contributed by atoms with Crippen LogP contribution in [-0.4, -0.2) is 48.1 Å². The average molecular weight is 428 g/mol. The van der Waals surface area contributed by atoms with Crippen molar-refractivity contribution in [3.8, 4) is 28.7 Å². The van der Waals surface area contributed by atoms with E-state index in [1.54, 1.807) is 19.1 Å². The SMILES string of the molecule is CCOC(=O)c1cc2cc(OC)c(OC)c(OC)c2c2cc(OC)c(OC)cc2c1=O. The maximum Gasteiger partial charge on any atom is 0.342 e. The molecule has 0 unspecified atom stereocenters. The molecule has 8 heteroatoms. The van der Waals surface area contributed by atoms with E-state index in [0.29, 0.717) is 44.9 Å². The van der Waals surface area contributed by atoms with Crippen LogP contribution >= 0.6 is 0 Å². The molecular weight excluding hydrogens is 404 g/mol. The van der Waals surface area contributed by atoms with Crippen LogP contribution in [0.4, 0.5) is 0 Å². The van der Waals surface area contributed by atoms with E-state index < -0.39 is 11.4 Å². The van der Waals surface area contributed by atoms with Gasteiger partial charge in [-0.1, -0.05) is 0 Å². The molecule has 0 radical (unpaired) electrons. The molecule has 0 N–H and O–H groups in total. The number of rotatable bonds is 7. The summed E-state index contributed by atoms with van der Waals surface area (Å²) in [6.07, 6.45) is 0. The van der Waals surface area contributed by atoms with Crippen molar-refractivity contribution in [2.24, 2.45) is 0 Å². The van der Waals surface area contributed by atoms with Gasteiger partial charge < -0.3 is 28.4 Å². The highest BCUT2D eigenvalue weighted by molar-refractivity contribution is 6.14. The van der Waals surface area contributed by atoms with E-state index in [0.717, 1.165) is 0 Å². The molecule has 3 aromatic rings. The van der Waals surface area contributed by atoms with Gasteiger partial charge in [-0.15, -0.1) is 0 Å². The lowest BCUT2D eigenvalue weighted by atomic mass is 10.0. The Balaban J connectivity index is 2.69. The molecule has 0 heterocycles. The third kappa shape index (κ3) is 3.65. The van der Waals surface area contributed by atoms with Gasteiger partial charge in [0, 0.05) is 16.2 Å². The van der Waals surface area contributed by atoms with Crippen LogP contribution in [0.25, 0.3) is 21.5 Å². The lowest BCUT2D eigenvalue weighted by molar-refractivity contribution is 0.0525. The van der Waals surface area contributed by atoms with Crippen LogP contribution in [0.3, 0.4) is 0 Å². The smallest absolute Gasteiger partial charge is 0.342 e. The van der Waals surface area contributed by atoms with Crippen LogP contribution in [0.5, 0.6) is 28.7 Å². The van der Waals surface area contributed by atoms with Crippen molar-refractivity contribution in [2.45, 2.75) is 6.92 Å². The lowest BCUT2D eigenvalue weighted by Crippen LogP contribution is -2.15. The van der Waals surface area contributed by atoms with Gasteiger partial charge in [-0.3, -0.25) is 4.79 Å². The Morgan fingerprint density at radius 3 is 1.84 bits per heavy atom. The summed E-state index contributed by atoms with van der Waals surface area (Å²) in [7, 11) is 7.43. The summed E-state index contributed by atoms with van der Waals surface area (Å²) in [5.74, 6) is 1.12. The van der Waals surface area contributed by atoms with Crippen LogP contribution in [0.1, 0.15) is 17.3 Å². The number of hydrogen-bond donors (Lipinski definition) is 0. The largest absolute Gasteiger partial charge is 0.493 e. The molecule has 8 nitrogen and oxygen atoms in total. The Morgan fingerprint density at radius 1 is 0.742 bits per heavy atom. The summed E-state index contributed by atoms with van der Waals surface area (Å²) in [6.45, 7) is 1.80. The molecule has 0 bridgehead atoms. The fourth-order valence-corrected chi connectivity index (χ4v) is 3.57. The molecule has 0 amide bonds. The van der Waals surface area contributed by atoms with Crippen LogP contribution < -0.4 is 29.1 Å². The van der Waals surface area contributed by atoms with Gasteiger partial charge in [0.1, 0.15) is 5.56 Å². The number of fused-ring (bicyclic) bond motifs is 3. The summed E-state index contributed by atoms with van der Waals surface area (Å²) >= 11 is 0. The number of methoxy groups -OCH3 is 5. The first-order valence-corrected chi connectivity index (χ1v) is 9.48. The first-order chi connectivity index (χ1) is 14.9. The number of carbonyl (C=O) groups is 1. The molecule has 0 spiro atoms. The van der Waals surface area contributed by atoms with Gasteiger partial charge in [0.05, 0.1) is 42.2 Å². The Hall–Kier alpha value is -3.68. The second kappa shape index (κ2) is 8.99. The summed E-state index contributed by atoms with van der Waals surface area (Å²) in [4.78, 5) is 26.1. The van der Waals surface area contributed by atoms with E-state index in [1.807, 2.05) is 0 Å². The highest BCUT2D eigenvalue weighted by Crippen LogP contribution is 2.46. The topological polar surface area (TPSA) is 89.5 Å². The summed E-state index contributed by atoms with van der Waals surface area (Å²) < 4.78 is 32.6. The summed E-state index contributed by atoms with van der Waals surface area (Å²) in [6, 6.07) is 6.35. The quantitative estimate of drug-likeness (QED) is 0.528. The average Bonchev–Trinajstić information content (AvgIpc) is 2.91. The third-order valence-electron chi connectivity index (χ3n) is 4.94. The van der Waals surface area contributed by atoms with Crippen molar-refractivity contribution in [3.63, 3.8) is 0 Å². The zero-order valence-electron chi connectivity index (χ0n) is 18.3. The van der Waals surface area contributed by atoms with Crippen molar-refractivity contribution in [3.05, 3.63) is 40.1 Å². The molecule has 0 fully saturated rings. The number of carbonyl (C=O) groups excluding carboxylic acids is 1. The van der Waals surface area contributed by atoms with Crippen molar-refractivity contribution in [1.82, 2.24) is 0 Å². The van der Waals surface area contributed by atoms with Gasteiger partial charge in [-0.05, 0) is 36.6 Å². The van der Waals surface area contributed by atoms with Gasteiger partial charge in [0.15, 0.2) is 23.0 Å². The van der Waals surface area contributed by atoms with E-state index in [-0.39, 0.29) is 17.6 Å². The Bertz CT molecular complexity index is 1220. The minimum Gasteiger partial charge on any atom is -0.493 e. The Labute approximate surface area is 179 Å². The summed E-state index contributed by atoms with van der Waals surface area (Å²) in [5, 5.41) is 1.80. The predicted molar refractivity (Wildman–Crippen MR) is 116 cm³/mol. The molecule has 0 aliphatic carbocycles. The normalized spacial score (nSPS) is 10.6. The Kier molecular flexibility index (Phi) is 6.39. The minimum absolute atomic E-state index is 0.122. The molecule has 164 valence electrons. The fraction of sp³-hybridized carbons (Fsp3) is 0.304. The molecule has 0 aliphatic rings. The molecule has 0 atom stereocenters. The number of hydrogen-bond acceptors (Lipinski definition) is 8.